The molecule has 0 aromatic rings. The monoisotopic (exact) mass is 116 g/mol. The summed E-state index contributed by atoms with van der Waals surface area (Å²) in [5.41, 5.74) is 0. The van der Waals surface area contributed by atoms with E-state index in [2.05, 4.69) is 25.7 Å². The van der Waals surface area contributed by atoms with Crippen molar-refractivity contribution in [2.75, 3.05) is 0 Å². The van der Waals surface area contributed by atoms with E-state index in [1.165, 1.54) is 0 Å². The Bertz CT molecular complexity index is 19.1. The minimum atomic E-state index is 0. The van der Waals surface area contributed by atoms with Crippen molar-refractivity contribution in [3.05, 3.63) is 0 Å². The Morgan fingerprint density at radius 2 is 0.600 bits per heavy atom. The molecule has 0 rings (SSSR count). The van der Waals surface area contributed by atoms with Crippen LogP contribution in [0.1, 0.15) is 0 Å². The molecule has 0 unspecified atom stereocenters. The van der Waals surface area contributed by atoms with Gasteiger partial charge in [0.1, 0.15) is 0 Å². The zero-order valence-corrected chi connectivity index (χ0v) is 5.98. The van der Waals surface area contributed by atoms with Gasteiger partial charge in [-0.2, -0.15) is 0 Å². The third-order valence-electron chi connectivity index (χ3n) is 0. The van der Waals surface area contributed by atoms with E-state index in [0.717, 1.165) is 0 Å². The SMILES string of the molecule is C#C.C#C.[Zn+2]. The largest absolute Gasteiger partial charge is 2.00 e. The molecule has 0 atom stereocenters. The van der Waals surface area contributed by atoms with Crippen LogP contribution in [0.5, 0.6) is 0 Å². The van der Waals surface area contributed by atoms with Crippen LogP contribution >= 0.6 is 0 Å². The average Bonchev–Trinajstić information content (AvgIpc) is 1.50. The smallest absolute Gasteiger partial charge is 0.124 e. The van der Waals surface area contributed by atoms with Crippen LogP contribution in [0.25, 0.3) is 0 Å². The molecule has 0 radical (unpaired) electrons. The van der Waals surface area contributed by atoms with E-state index in [0.29, 0.717) is 0 Å². The van der Waals surface area contributed by atoms with E-state index >= 15 is 0 Å². The molecule has 0 aromatic heterocycles. The fourth-order valence-corrected chi connectivity index (χ4v) is 0. The van der Waals surface area contributed by atoms with Gasteiger partial charge in [0.05, 0.1) is 0 Å². The van der Waals surface area contributed by atoms with E-state index in [1.54, 1.807) is 0 Å². The van der Waals surface area contributed by atoms with Crippen LogP contribution < -0.4 is 0 Å². The zero-order chi connectivity index (χ0) is 4.00. The van der Waals surface area contributed by atoms with Crippen molar-refractivity contribution >= 4 is 0 Å². The quantitative estimate of drug-likeness (QED) is 0.320. The summed E-state index contributed by atoms with van der Waals surface area (Å²) < 4.78 is 0. The van der Waals surface area contributed by atoms with Crippen LogP contribution in [0.2, 0.25) is 0 Å². The second-order valence-corrected chi connectivity index (χ2v) is 0. The maximum atomic E-state index is 4.00. The summed E-state index contributed by atoms with van der Waals surface area (Å²) in [6.07, 6.45) is 16.0. The van der Waals surface area contributed by atoms with E-state index in [1.807, 2.05) is 0 Å². The predicted molar refractivity (Wildman–Crippen MR) is 19.8 cm³/mol. The molecular formula is C4H4Zn+2. The minimum absolute atomic E-state index is 0. The molecule has 20 valence electrons. The Labute approximate surface area is 45.7 Å². The van der Waals surface area contributed by atoms with E-state index in [4.69, 9.17) is 0 Å². The van der Waals surface area contributed by atoms with Crippen molar-refractivity contribution in [2.45, 2.75) is 0 Å². The Morgan fingerprint density at radius 1 is 0.600 bits per heavy atom. The molecular weight excluding hydrogens is 113 g/mol. The summed E-state index contributed by atoms with van der Waals surface area (Å²) in [4.78, 5) is 0. The van der Waals surface area contributed by atoms with Gasteiger partial charge in [0.15, 0.2) is 0 Å². The number of hydrogen-bond acceptors (Lipinski definition) is 0. The summed E-state index contributed by atoms with van der Waals surface area (Å²) in [7, 11) is 0. The van der Waals surface area contributed by atoms with Crippen LogP contribution in [0.3, 0.4) is 0 Å². The average molecular weight is 117 g/mol. The summed E-state index contributed by atoms with van der Waals surface area (Å²) in [6.45, 7) is 0. The van der Waals surface area contributed by atoms with Gasteiger partial charge in [0, 0.05) is 0 Å². The molecule has 0 bridgehead atoms. The molecule has 5 heavy (non-hydrogen) atoms. The second kappa shape index (κ2) is 428. The van der Waals surface area contributed by atoms with Crippen LogP contribution in [-0.2, 0) is 19.5 Å². The first-order valence-electron chi connectivity index (χ1n) is 0.667. The molecule has 0 fully saturated rings. The molecule has 0 aliphatic carbocycles. The Balaban J connectivity index is -0.0000000133. The molecule has 0 aromatic carbocycles. The Morgan fingerprint density at radius 3 is 0.600 bits per heavy atom. The van der Waals surface area contributed by atoms with Crippen LogP contribution in [0, 0.1) is 25.7 Å². The first-order valence-corrected chi connectivity index (χ1v) is 0.667. The molecule has 0 amide bonds. The molecule has 0 nitrogen and oxygen atoms in total. The predicted octanol–water partition coefficient (Wildman–Crippen LogP) is 0.496. The fourth-order valence-electron chi connectivity index (χ4n) is 0. The van der Waals surface area contributed by atoms with Crippen LogP contribution in [0.4, 0.5) is 0 Å². The van der Waals surface area contributed by atoms with Crippen molar-refractivity contribution < 1.29 is 19.5 Å². The van der Waals surface area contributed by atoms with E-state index in [9.17, 15) is 0 Å². The van der Waals surface area contributed by atoms with Crippen molar-refractivity contribution in [3.63, 3.8) is 0 Å². The molecule has 0 heterocycles. The molecule has 1 heteroatoms. The summed E-state index contributed by atoms with van der Waals surface area (Å²) in [5, 5.41) is 0. The third kappa shape index (κ3) is 173. The fraction of sp³-hybridized carbons (Fsp3) is 0. The van der Waals surface area contributed by atoms with Crippen LogP contribution in [0.15, 0.2) is 0 Å². The number of hydrogen-bond donors (Lipinski definition) is 0. The zero-order valence-electron chi connectivity index (χ0n) is 3.02. The first kappa shape index (κ1) is 21.9. The Hall–Kier alpha value is -0.257. The third-order valence-corrected chi connectivity index (χ3v) is 0. The molecule has 0 spiro atoms. The van der Waals surface area contributed by atoms with Gasteiger partial charge < -0.3 is 0 Å². The van der Waals surface area contributed by atoms with Gasteiger partial charge >= 0.3 is 19.5 Å². The normalized spacial score (nSPS) is 0.800. The Kier molecular flexibility index (Phi) is 1870. The van der Waals surface area contributed by atoms with E-state index < -0.39 is 0 Å². The van der Waals surface area contributed by atoms with Gasteiger partial charge in [-0.25, -0.2) is 0 Å². The maximum absolute atomic E-state index is 4.00. The van der Waals surface area contributed by atoms with E-state index in [-0.39, 0.29) is 19.5 Å². The van der Waals surface area contributed by atoms with Crippen molar-refractivity contribution in [1.82, 2.24) is 0 Å². The van der Waals surface area contributed by atoms with Crippen molar-refractivity contribution in [2.24, 2.45) is 0 Å². The molecule has 0 saturated heterocycles. The molecule has 0 aliphatic rings. The number of rotatable bonds is 0. The molecule has 0 saturated carbocycles. The minimum Gasteiger partial charge on any atom is -0.124 e. The number of terminal acetylenes is 2. The maximum Gasteiger partial charge on any atom is 2.00 e. The topological polar surface area (TPSA) is 0 Å². The summed E-state index contributed by atoms with van der Waals surface area (Å²) >= 11 is 0. The molecule has 0 N–H and O–H groups in total. The van der Waals surface area contributed by atoms with Gasteiger partial charge in [-0.05, 0) is 0 Å². The molecule has 0 aliphatic heterocycles. The van der Waals surface area contributed by atoms with Gasteiger partial charge in [0.25, 0.3) is 0 Å². The van der Waals surface area contributed by atoms with Crippen molar-refractivity contribution in [1.29, 1.82) is 0 Å². The summed E-state index contributed by atoms with van der Waals surface area (Å²) in [6, 6.07) is 0. The van der Waals surface area contributed by atoms with Gasteiger partial charge in [-0.15, -0.1) is 25.7 Å². The van der Waals surface area contributed by atoms with Crippen molar-refractivity contribution in [3.8, 4) is 25.7 Å². The summed E-state index contributed by atoms with van der Waals surface area (Å²) in [5.74, 6) is 0. The van der Waals surface area contributed by atoms with Crippen LogP contribution in [-0.4, -0.2) is 0 Å². The van der Waals surface area contributed by atoms with Gasteiger partial charge in [-0.1, -0.05) is 0 Å². The second-order valence-electron chi connectivity index (χ2n) is 0. The first-order chi connectivity index (χ1) is 2.00. The van der Waals surface area contributed by atoms with Gasteiger partial charge in [0.2, 0.25) is 0 Å². The van der Waals surface area contributed by atoms with Gasteiger partial charge in [-0.3, -0.25) is 0 Å². The standard InChI is InChI=1S/2C2H2.Zn/c2*1-2;/h2*1-2H;/q;;+2.